The number of hydrogen-bond acceptors (Lipinski definition) is 3. The average Bonchev–Trinajstić information content (AvgIpc) is 2.40. The fourth-order valence-corrected chi connectivity index (χ4v) is 1.49. The second-order valence-electron chi connectivity index (χ2n) is 4.05. The lowest BCUT2D eigenvalue weighted by molar-refractivity contribution is -0.121. The molecular weight excluding hydrogens is 230 g/mol. The normalized spacial score (nSPS) is 10.1. The van der Waals surface area contributed by atoms with E-state index in [1.807, 2.05) is 30.3 Å². The zero-order valence-electron chi connectivity index (χ0n) is 10.6. The fraction of sp³-hybridized carbons (Fsp3) is 0.500. The van der Waals surface area contributed by atoms with Gasteiger partial charge in [0.1, 0.15) is 5.75 Å². The number of benzene rings is 1. The highest BCUT2D eigenvalue weighted by molar-refractivity contribution is 5.75. The predicted octanol–water partition coefficient (Wildman–Crippen LogP) is 1.73. The second-order valence-corrected chi connectivity index (χ2v) is 4.05. The summed E-state index contributed by atoms with van der Waals surface area (Å²) in [4.78, 5) is 11.3. The minimum atomic E-state index is 0.0446. The van der Waals surface area contributed by atoms with E-state index in [1.165, 1.54) is 0 Å². The Bertz CT molecular complexity index is 327. The molecule has 100 valence electrons. The Labute approximate surface area is 108 Å². The number of nitrogens with one attached hydrogen (secondary N) is 1. The molecule has 0 unspecified atom stereocenters. The van der Waals surface area contributed by atoms with Crippen LogP contribution >= 0.6 is 0 Å². The molecule has 0 heterocycles. The Morgan fingerprint density at radius 1 is 1.17 bits per heavy atom. The molecule has 2 N–H and O–H groups in total. The van der Waals surface area contributed by atoms with Crippen LogP contribution in [-0.4, -0.2) is 30.8 Å². The minimum Gasteiger partial charge on any atom is -0.494 e. The van der Waals surface area contributed by atoms with Crippen molar-refractivity contribution in [2.45, 2.75) is 25.7 Å². The lowest BCUT2D eigenvalue weighted by Crippen LogP contribution is -2.25. The van der Waals surface area contributed by atoms with Crippen molar-refractivity contribution in [1.29, 1.82) is 0 Å². The van der Waals surface area contributed by atoms with Gasteiger partial charge in [-0.05, 0) is 31.4 Å². The molecule has 1 rings (SSSR count). The topological polar surface area (TPSA) is 58.6 Å². The maximum atomic E-state index is 11.3. The summed E-state index contributed by atoms with van der Waals surface area (Å²) in [6, 6.07) is 9.62. The van der Waals surface area contributed by atoms with Gasteiger partial charge in [0, 0.05) is 19.6 Å². The van der Waals surface area contributed by atoms with Gasteiger partial charge < -0.3 is 15.2 Å². The quantitative estimate of drug-likeness (QED) is 0.657. The van der Waals surface area contributed by atoms with Gasteiger partial charge in [0.05, 0.1) is 6.61 Å². The van der Waals surface area contributed by atoms with Crippen LogP contribution in [0.5, 0.6) is 5.75 Å². The zero-order chi connectivity index (χ0) is 13.1. The summed E-state index contributed by atoms with van der Waals surface area (Å²) in [6.45, 7) is 1.38. The van der Waals surface area contributed by atoms with E-state index < -0.39 is 0 Å². The van der Waals surface area contributed by atoms with E-state index in [1.54, 1.807) is 0 Å². The number of rotatable bonds is 9. The van der Waals surface area contributed by atoms with Crippen molar-refractivity contribution in [1.82, 2.24) is 5.32 Å². The Kier molecular flexibility index (Phi) is 7.64. The average molecular weight is 251 g/mol. The molecule has 0 saturated carbocycles. The third-order valence-corrected chi connectivity index (χ3v) is 2.47. The predicted molar refractivity (Wildman–Crippen MR) is 70.5 cm³/mol. The molecule has 1 aromatic carbocycles. The van der Waals surface area contributed by atoms with Gasteiger partial charge in [0.15, 0.2) is 0 Å². The van der Waals surface area contributed by atoms with E-state index in [9.17, 15) is 4.79 Å². The third-order valence-electron chi connectivity index (χ3n) is 2.47. The van der Waals surface area contributed by atoms with Gasteiger partial charge in [0.25, 0.3) is 0 Å². The molecular formula is C14H21NO3. The van der Waals surface area contributed by atoms with Crippen LogP contribution in [0, 0.1) is 0 Å². The van der Waals surface area contributed by atoms with Crippen LogP contribution < -0.4 is 10.1 Å². The number of para-hydroxylation sites is 1. The monoisotopic (exact) mass is 251 g/mol. The summed E-state index contributed by atoms with van der Waals surface area (Å²) >= 11 is 0. The first kappa shape index (κ1) is 14.5. The van der Waals surface area contributed by atoms with Gasteiger partial charge in [-0.15, -0.1) is 0 Å². The first-order valence-electron chi connectivity index (χ1n) is 6.38. The highest BCUT2D eigenvalue weighted by Crippen LogP contribution is 2.07. The first-order valence-corrected chi connectivity index (χ1v) is 6.38. The van der Waals surface area contributed by atoms with Crippen LogP contribution in [0.1, 0.15) is 25.7 Å². The molecule has 0 fully saturated rings. The Morgan fingerprint density at radius 3 is 2.67 bits per heavy atom. The first-order chi connectivity index (χ1) is 8.83. The van der Waals surface area contributed by atoms with Gasteiger partial charge >= 0.3 is 0 Å². The molecule has 0 radical (unpaired) electrons. The maximum Gasteiger partial charge on any atom is 0.219 e. The van der Waals surface area contributed by atoms with Crippen LogP contribution in [0.2, 0.25) is 0 Å². The second kappa shape index (κ2) is 9.48. The van der Waals surface area contributed by atoms with Crippen molar-refractivity contribution in [3.05, 3.63) is 30.3 Å². The number of carbonyl (C=O) groups is 1. The van der Waals surface area contributed by atoms with Crippen molar-refractivity contribution in [2.75, 3.05) is 19.8 Å². The van der Waals surface area contributed by atoms with Crippen LogP contribution in [0.3, 0.4) is 0 Å². The molecule has 4 nitrogen and oxygen atoms in total. The molecule has 0 spiro atoms. The van der Waals surface area contributed by atoms with Gasteiger partial charge in [-0.2, -0.15) is 0 Å². The Morgan fingerprint density at radius 2 is 1.94 bits per heavy atom. The van der Waals surface area contributed by atoms with Crippen molar-refractivity contribution in [2.24, 2.45) is 0 Å². The number of aliphatic hydroxyl groups excluding tert-OH is 1. The number of unbranched alkanes of at least 4 members (excludes halogenated alkanes) is 1. The molecule has 1 aromatic rings. The van der Waals surface area contributed by atoms with E-state index in [0.29, 0.717) is 26.0 Å². The molecule has 18 heavy (non-hydrogen) atoms. The standard InChI is InChI=1S/C14H21NO3/c16-11-5-4-9-14(17)15-10-6-12-18-13-7-2-1-3-8-13/h1-3,7-8,16H,4-6,9-12H2,(H,15,17). The molecule has 0 bridgehead atoms. The van der Waals surface area contributed by atoms with Crippen LogP contribution in [-0.2, 0) is 4.79 Å². The summed E-state index contributed by atoms with van der Waals surface area (Å²) in [5, 5.41) is 11.4. The van der Waals surface area contributed by atoms with E-state index in [-0.39, 0.29) is 12.5 Å². The maximum absolute atomic E-state index is 11.3. The van der Waals surface area contributed by atoms with Crippen LogP contribution in [0.4, 0.5) is 0 Å². The molecule has 4 heteroatoms. The molecule has 0 aliphatic carbocycles. The molecule has 1 amide bonds. The van der Waals surface area contributed by atoms with Gasteiger partial charge in [0.2, 0.25) is 5.91 Å². The molecule has 0 aliphatic heterocycles. The number of hydrogen-bond donors (Lipinski definition) is 2. The van der Waals surface area contributed by atoms with Gasteiger partial charge in [-0.1, -0.05) is 18.2 Å². The van der Waals surface area contributed by atoms with E-state index in [2.05, 4.69) is 5.32 Å². The highest BCUT2D eigenvalue weighted by Gasteiger charge is 1.99. The lowest BCUT2D eigenvalue weighted by atomic mass is 10.2. The summed E-state index contributed by atoms with van der Waals surface area (Å²) in [6.07, 6.45) is 2.70. The summed E-state index contributed by atoms with van der Waals surface area (Å²) in [5.41, 5.74) is 0. The molecule has 0 saturated heterocycles. The number of carbonyl (C=O) groups excluding carboxylic acids is 1. The van der Waals surface area contributed by atoms with E-state index >= 15 is 0 Å². The summed E-state index contributed by atoms with van der Waals surface area (Å²) in [7, 11) is 0. The largest absolute Gasteiger partial charge is 0.494 e. The molecule has 0 aromatic heterocycles. The molecule has 0 atom stereocenters. The third kappa shape index (κ3) is 6.91. The van der Waals surface area contributed by atoms with Crippen molar-refractivity contribution < 1.29 is 14.6 Å². The van der Waals surface area contributed by atoms with Gasteiger partial charge in [-0.3, -0.25) is 4.79 Å². The Balaban J connectivity index is 1.97. The number of aliphatic hydroxyl groups is 1. The minimum absolute atomic E-state index is 0.0446. The highest BCUT2D eigenvalue weighted by atomic mass is 16.5. The van der Waals surface area contributed by atoms with Crippen molar-refractivity contribution in [3.63, 3.8) is 0 Å². The Hall–Kier alpha value is -1.55. The zero-order valence-corrected chi connectivity index (χ0v) is 10.6. The van der Waals surface area contributed by atoms with E-state index in [0.717, 1.165) is 18.6 Å². The summed E-state index contributed by atoms with van der Waals surface area (Å²) < 4.78 is 5.50. The number of amides is 1. The van der Waals surface area contributed by atoms with E-state index in [4.69, 9.17) is 9.84 Å². The van der Waals surface area contributed by atoms with Crippen LogP contribution in [0.15, 0.2) is 30.3 Å². The smallest absolute Gasteiger partial charge is 0.219 e. The van der Waals surface area contributed by atoms with Crippen LogP contribution in [0.25, 0.3) is 0 Å². The fourth-order valence-electron chi connectivity index (χ4n) is 1.49. The lowest BCUT2D eigenvalue weighted by Gasteiger charge is -2.07. The molecule has 0 aliphatic rings. The number of ether oxygens (including phenoxy) is 1. The summed E-state index contributed by atoms with van der Waals surface area (Å²) in [5.74, 6) is 0.898. The van der Waals surface area contributed by atoms with Gasteiger partial charge in [-0.25, -0.2) is 0 Å². The van der Waals surface area contributed by atoms with Crippen molar-refractivity contribution in [3.8, 4) is 5.75 Å². The van der Waals surface area contributed by atoms with Crippen molar-refractivity contribution >= 4 is 5.91 Å². The SMILES string of the molecule is O=C(CCCCO)NCCCOc1ccccc1.